The fraction of sp³-hybridized carbons (Fsp3) is 0.200. The van der Waals surface area contributed by atoms with E-state index in [2.05, 4.69) is 19.9 Å². The molecule has 0 atom stereocenters. The molecule has 2 aromatic rings. The van der Waals surface area contributed by atoms with Crippen LogP contribution in [0, 0.1) is 6.92 Å². The summed E-state index contributed by atoms with van der Waals surface area (Å²) in [5.41, 5.74) is 0. The highest BCUT2D eigenvalue weighted by molar-refractivity contribution is 7.93. The SMILES string of the molecule is Cc1nc(NS(=O)(=O)c2cc(S(C)(=O)=O)ccc2Cl)n[nH]1. The number of rotatable bonds is 4. The first-order valence-corrected chi connectivity index (χ1v) is 9.26. The molecule has 11 heteroatoms. The van der Waals surface area contributed by atoms with Gasteiger partial charge in [-0.1, -0.05) is 11.6 Å². The molecule has 0 aliphatic heterocycles. The van der Waals surface area contributed by atoms with E-state index in [1.54, 1.807) is 6.92 Å². The van der Waals surface area contributed by atoms with Gasteiger partial charge in [0, 0.05) is 6.26 Å². The maximum Gasteiger partial charge on any atom is 0.265 e. The van der Waals surface area contributed by atoms with Crippen molar-refractivity contribution in [3.63, 3.8) is 0 Å². The molecule has 1 aromatic heterocycles. The zero-order chi connectivity index (χ0) is 15.8. The van der Waals surface area contributed by atoms with Crippen molar-refractivity contribution in [2.24, 2.45) is 0 Å². The summed E-state index contributed by atoms with van der Waals surface area (Å²) in [4.78, 5) is 3.28. The number of sulfone groups is 1. The monoisotopic (exact) mass is 350 g/mol. The number of nitrogens with one attached hydrogen (secondary N) is 2. The molecular weight excluding hydrogens is 340 g/mol. The number of aromatic nitrogens is 3. The van der Waals surface area contributed by atoms with Gasteiger partial charge in [-0.2, -0.15) is 4.98 Å². The topological polar surface area (TPSA) is 122 Å². The largest absolute Gasteiger partial charge is 0.265 e. The lowest BCUT2D eigenvalue weighted by atomic mass is 10.4. The first-order chi connectivity index (χ1) is 9.59. The molecule has 0 saturated heterocycles. The van der Waals surface area contributed by atoms with Gasteiger partial charge < -0.3 is 0 Å². The minimum absolute atomic E-state index is 0.109. The molecule has 8 nitrogen and oxygen atoms in total. The van der Waals surface area contributed by atoms with E-state index in [0.29, 0.717) is 5.82 Å². The van der Waals surface area contributed by atoms with Gasteiger partial charge in [0.25, 0.3) is 16.0 Å². The second-order valence-corrected chi connectivity index (χ2v) is 8.29. The van der Waals surface area contributed by atoms with Crippen molar-refractivity contribution in [2.45, 2.75) is 16.7 Å². The second kappa shape index (κ2) is 5.28. The van der Waals surface area contributed by atoms with E-state index in [1.165, 1.54) is 12.1 Å². The third-order valence-electron chi connectivity index (χ3n) is 2.44. The number of aryl methyl sites for hydroxylation is 1. The van der Waals surface area contributed by atoms with Crippen LogP contribution in [0.4, 0.5) is 5.95 Å². The van der Waals surface area contributed by atoms with Crippen LogP contribution in [0.25, 0.3) is 0 Å². The van der Waals surface area contributed by atoms with E-state index >= 15 is 0 Å². The van der Waals surface area contributed by atoms with Crippen molar-refractivity contribution >= 4 is 37.4 Å². The van der Waals surface area contributed by atoms with Crippen LogP contribution >= 0.6 is 11.6 Å². The Morgan fingerprint density at radius 1 is 1.24 bits per heavy atom. The van der Waals surface area contributed by atoms with Gasteiger partial charge in [-0.3, -0.25) is 5.10 Å². The van der Waals surface area contributed by atoms with Gasteiger partial charge in [0.15, 0.2) is 9.84 Å². The van der Waals surface area contributed by atoms with Crippen molar-refractivity contribution in [3.05, 3.63) is 29.0 Å². The molecule has 21 heavy (non-hydrogen) atoms. The molecule has 0 saturated carbocycles. The average molecular weight is 351 g/mol. The average Bonchev–Trinajstić information content (AvgIpc) is 2.72. The summed E-state index contributed by atoms with van der Waals surface area (Å²) in [5.74, 6) is 0.261. The molecule has 2 N–H and O–H groups in total. The molecule has 0 unspecified atom stereocenters. The third-order valence-corrected chi connectivity index (χ3v) is 5.36. The maximum absolute atomic E-state index is 12.2. The fourth-order valence-corrected chi connectivity index (χ4v) is 3.68. The van der Waals surface area contributed by atoms with E-state index in [4.69, 9.17) is 11.6 Å². The zero-order valence-electron chi connectivity index (χ0n) is 11.0. The van der Waals surface area contributed by atoms with Gasteiger partial charge in [0.05, 0.1) is 9.92 Å². The summed E-state index contributed by atoms with van der Waals surface area (Å²) in [5, 5.41) is 6.01. The lowest BCUT2D eigenvalue weighted by Crippen LogP contribution is -2.15. The Bertz CT molecular complexity index is 890. The molecular formula is C10H11ClN4O4S2. The summed E-state index contributed by atoms with van der Waals surface area (Å²) >= 11 is 5.84. The van der Waals surface area contributed by atoms with Gasteiger partial charge in [0.1, 0.15) is 10.7 Å². The van der Waals surface area contributed by atoms with Crippen LogP contribution in [0.5, 0.6) is 0 Å². The molecule has 0 aliphatic rings. The quantitative estimate of drug-likeness (QED) is 0.847. The van der Waals surface area contributed by atoms with Gasteiger partial charge in [-0.25, -0.2) is 21.6 Å². The van der Waals surface area contributed by atoms with Crippen LogP contribution in [0.1, 0.15) is 5.82 Å². The van der Waals surface area contributed by atoms with Crippen LogP contribution in [0.3, 0.4) is 0 Å². The van der Waals surface area contributed by atoms with Gasteiger partial charge in [-0.15, -0.1) is 5.10 Å². The molecule has 0 radical (unpaired) electrons. The minimum atomic E-state index is -4.10. The molecule has 0 fully saturated rings. The molecule has 114 valence electrons. The first kappa shape index (κ1) is 15.7. The van der Waals surface area contributed by atoms with Crippen LogP contribution < -0.4 is 4.72 Å². The predicted octanol–water partition coefficient (Wildman–Crippen LogP) is 0.971. The first-order valence-electron chi connectivity index (χ1n) is 5.51. The van der Waals surface area contributed by atoms with E-state index < -0.39 is 19.9 Å². The predicted molar refractivity (Wildman–Crippen MR) is 76.5 cm³/mol. The highest BCUT2D eigenvalue weighted by Crippen LogP contribution is 2.26. The van der Waals surface area contributed by atoms with Crippen molar-refractivity contribution < 1.29 is 16.8 Å². The number of benzene rings is 1. The Hall–Kier alpha value is -1.65. The van der Waals surface area contributed by atoms with Gasteiger partial charge >= 0.3 is 0 Å². The Morgan fingerprint density at radius 3 is 2.43 bits per heavy atom. The molecule has 2 rings (SSSR count). The number of hydrogen-bond acceptors (Lipinski definition) is 6. The lowest BCUT2D eigenvalue weighted by Gasteiger charge is -2.08. The molecule has 0 bridgehead atoms. The summed E-state index contributed by atoms with van der Waals surface area (Å²) in [7, 11) is -7.66. The number of aromatic amines is 1. The Morgan fingerprint density at radius 2 is 1.90 bits per heavy atom. The standard InChI is InChI=1S/C10H11ClN4O4S2/c1-6-12-10(14-13-6)15-21(18,19)9-5-7(20(2,16)17)3-4-8(9)11/h3-5H,1-2H3,(H2,12,13,14,15). The van der Waals surface area contributed by atoms with Crippen molar-refractivity contribution in [1.29, 1.82) is 0 Å². The summed E-state index contributed by atoms with van der Waals surface area (Å²) in [6.07, 6.45) is 0.971. The normalized spacial score (nSPS) is 12.3. The third kappa shape index (κ3) is 3.52. The van der Waals surface area contributed by atoms with Crippen LogP contribution in [-0.4, -0.2) is 38.3 Å². The number of hydrogen-bond donors (Lipinski definition) is 2. The smallest absolute Gasteiger partial charge is 0.261 e. The van der Waals surface area contributed by atoms with E-state index in [9.17, 15) is 16.8 Å². The van der Waals surface area contributed by atoms with E-state index in [-0.39, 0.29) is 20.8 Å². The van der Waals surface area contributed by atoms with E-state index in [0.717, 1.165) is 12.3 Å². The number of nitrogens with zero attached hydrogens (tertiary/aromatic N) is 2. The van der Waals surface area contributed by atoms with Crippen LogP contribution in [0.2, 0.25) is 5.02 Å². The van der Waals surface area contributed by atoms with Crippen LogP contribution in [-0.2, 0) is 19.9 Å². The number of sulfonamides is 1. The van der Waals surface area contributed by atoms with Gasteiger partial charge in [0.2, 0.25) is 0 Å². The van der Waals surface area contributed by atoms with Crippen LogP contribution in [0.15, 0.2) is 28.0 Å². The Kier molecular flexibility index (Phi) is 3.95. The second-order valence-electron chi connectivity index (χ2n) is 4.21. The summed E-state index contributed by atoms with van der Waals surface area (Å²) in [6, 6.07) is 3.42. The summed E-state index contributed by atoms with van der Waals surface area (Å²) in [6.45, 7) is 1.60. The highest BCUT2D eigenvalue weighted by atomic mass is 35.5. The molecule has 0 aliphatic carbocycles. The molecule has 1 aromatic carbocycles. The molecule has 0 spiro atoms. The van der Waals surface area contributed by atoms with Crippen molar-refractivity contribution in [3.8, 4) is 0 Å². The maximum atomic E-state index is 12.2. The lowest BCUT2D eigenvalue weighted by molar-refractivity contribution is 0.599. The van der Waals surface area contributed by atoms with Crippen molar-refractivity contribution in [1.82, 2.24) is 15.2 Å². The van der Waals surface area contributed by atoms with Gasteiger partial charge in [-0.05, 0) is 25.1 Å². The highest BCUT2D eigenvalue weighted by Gasteiger charge is 2.22. The number of halogens is 1. The minimum Gasteiger partial charge on any atom is -0.261 e. The Labute approximate surface area is 126 Å². The van der Waals surface area contributed by atoms with Crippen molar-refractivity contribution in [2.75, 3.05) is 11.0 Å². The number of H-pyrrole nitrogens is 1. The zero-order valence-corrected chi connectivity index (χ0v) is 13.3. The van der Waals surface area contributed by atoms with E-state index in [1.807, 2.05) is 0 Å². The molecule has 1 heterocycles. The Balaban J connectivity index is 2.49. The summed E-state index contributed by atoms with van der Waals surface area (Å²) < 4.78 is 49.6. The molecule has 0 amide bonds. The fourth-order valence-electron chi connectivity index (χ4n) is 1.48. The number of anilines is 1.